The zero-order chi connectivity index (χ0) is 12.3. The lowest BCUT2D eigenvalue weighted by Crippen LogP contribution is -2.44. The molecule has 4 nitrogen and oxygen atoms in total. The van der Waals surface area contributed by atoms with E-state index in [1.165, 1.54) is 6.42 Å². The fraction of sp³-hybridized carbons (Fsp3) is 0.538. The Morgan fingerprint density at radius 3 is 2.65 bits per heavy atom. The van der Waals surface area contributed by atoms with E-state index < -0.39 is 0 Å². The Kier molecular flexibility index (Phi) is 3.61. The van der Waals surface area contributed by atoms with Crippen molar-refractivity contribution in [2.24, 2.45) is 11.8 Å². The highest BCUT2D eigenvalue weighted by atomic mass is 16.2. The molecule has 1 aromatic rings. The van der Waals surface area contributed by atoms with Crippen LogP contribution < -0.4 is 5.32 Å². The van der Waals surface area contributed by atoms with Gasteiger partial charge in [0.25, 0.3) is 0 Å². The molecule has 1 aliphatic heterocycles. The second kappa shape index (κ2) is 5.17. The van der Waals surface area contributed by atoms with Gasteiger partial charge in [0.1, 0.15) is 5.82 Å². The third-order valence-corrected chi connectivity index (χ3v) is 3.06. The topological polar surface area (TPSA) is 45.2 Å². The summed E-state index contributed by atoms with van der Waals surface area (Å²) < 4.78 is 0. The molecule has 0 saturated carbocycles. The second-order valence-electron chi connectivity index (χ2n) is 5.00. The quantitative estimate of drug-likeness (QED) is 0.810. The van der Waals surface area contributed by atoms with Crippen molar-refractivity contribution in [2.45, 2.75) is 20.3 Å². The molecule has 1 saturated heterocycles. The summed E-state index contributed by atoms with van der Waals surface area (Å²) in [6.07, 6.45) is 2.88. The summed E-state index contributed by atoms with van der Waals surface area (Å²) >= 11 is 0. The zero-order valence-corrected chi connectivity index (χ0v) is 10.4. The number of carbonyl (C=O) groups excluding carboxylic acids is 1. The maximum atomic E-state index is 12.0. The van der Waals surface area contributed by atoms with Crippen molar-refractivity contribution in [2.75, 3.05) is 18.4 Å². The van der Waals surface area contributed by atoms with Gasteiger partial charge in [0.05, 0.1) is 0 Å². The molecule has 0 aromatic carbocycles. The fourth-order valence-electron chi connectivity index (χ4n) is 2.45. The Labute approximate surface area is 102 Å². The predicted molar refractivity (Wildman–Crippen MR) is 67.8 cm³/mol. The van der Waals surface area contributed by atoms with Gasteiger partial charge in [-0.2, -0.15) is 0 Å². The van der Waals surface area contributed by atoms with E-state index >= 15 is 0 Å². The number of nitrogens with one attached hydrogen (secondary N) is 1. The first kappa shape index (κ1) is 11.9. The molecule has 0 aliphatic carbocycles. The summed E-state index contributed by atoms with van der Waals surface area (Å²) in [6, 6.07) is 5.46. The summed E-state index contributed by atoms with van der Waals surface area (Å²) in [6.45, 7) is 6.05. The van der Waals surface area contributed by atoms with Gasteiger partial charge < -0.3 is 4.90 Å². The van der Waals surface area contributed by atoms with Crippen LogP contribution in [0.15, 0.2) is 24.4 Å². The molecule has 17 heavy (non-hydrogen) atoms. The van der Waals surface area contributed by atoms with Crippen molar-refractivity contribution in [1.82, 2.24) is 9.88 Å². The van der Waals surface area contributed by atoms with Crippen molar-refractivity contribution >= 4 is 11.8 Å². The van der Waals surface area contributed by atoms with Crippen LogP contribution in [0.1, 0.15) is 20.3 Å². The monoisotopic (exact) mass is 233 g/mol. The van der Waals surface area contributed by atoms with Crippen molar-refractivity contribution < 1.29 is 4.79 Å². The minimum atomic E-state index is -0.0397. The third-order valence-electron chi connectivity index (χ3n) is 3.06. The van der Waals surface area contributed by atoms with Gasteiger partial charge in [-0.25, -0.2) is 9.78 Å². The highest BCUT2D eigenvalue weighted by molar-refractivity contribution is 5.88. The average Bonchev–Trinajstić information content (AvgIpc) is 2.29. The van der Waals surface area contributed by atoms with Crippen molar-refractivity contribution in [3.05, 3.63) is 24.4 Å². The number of hydrogen-bond donors (Lipinski definition) is 1. The highest BCUT2D eigenvalue weighted by Gasteiger charge is 2.25. The van der Waals surface area contributed by atoms with Gasteiger partial charge in [-0.15, -0.1) is 0 Å². The molecule has 1 N–H and O–H groups in total. The van der Waals surface area contributed by atoms with Crippen molar-refractivity contribution in [3.63, 3.8) is 0 Å². The minimum Gasteiger partial charge on any atom is -0.324 e. The van der Waals surface area contributed by atoms with Crippen LogP contribution in [0.25, 0.3) is 0 Å². The molecule has 4 heteroatoms. The van der Waals surface area contributed by atoms with Gasteiger partial charge in [-0.05, 0) is 30.4 Å². The van der Waals surface area contributed by atoms with Crippen molar-refractivity contribution in [3.8, 4) is 0 Å². The Morgan fingerprint density at radius 2 is 2.06 bits per heavy atom. The van der Waals surface area contributed by atoms with E-state index in [-0.39, 0.29) is 6.03 Å². The first-order valence-electron chi connectivity index (χ1n) is 6.12. The van der Waals surface area contributed by atoms with E-state index in [1.54, 1.807) is 12.3 Å². The summed E-state index contributed by atoms with van der Waals surface area (Å²) in [7, 11) is 0. The lowest BCUT2D eigenvalue weighted by atomic mass is 9.92. The summed E-state index contributed by atoms with van der Waals surface area (Å²) in [5.41, 5.74) is 0. The van der Waals surface area contributed by atoms with Crippen LogP contribution in [-0.2, 0) is 0 Å². The van der Waals surface area contributed by atoms with E-state index in [0.717, 1.165) is 13.1 Å². The number of pyridine rings is 1. The van der Waals surface area contributed by atoms with E-state index in [2.05, 4.69) is 24.1 Å². The molecule has 2 amide bonds. The molecule has 92 valence electrons. The van der Waals surface area contributed by atoms with Crippen LogP contribution in [0.3, 0.4) is 0 Å². The highest BCUT2D eigenvalue weighted by Crippen LogP contribution is 2.21. The Balaban J connectivity index is 1.96. The van der Waals surface area contributed by atoms with Gasteiger partial charge in [0.2, 0.25) is 0 Å². The van der Waals surface area contributed by atoms with E-state index in [9.17, 15) is 4.79 Å². The smallest absolute Gasteiger partial charge is 0.323 e. The van der Waals surface area contributed by atoms with E-state index in [4.69, 9.17) is 0 Å². The third kappa shape index (κ3) is 3.19. The van der Waals surface area contributed by atoms with Crippen LogP contribution in [0, 0.1) is 11.8 Å². The first-order valence-corrected chi connectivity index (χ1v) is 6.12. The number of likely N-dealkylation sites (tertiary alicyclic amines) is 1. The molecule has 0 radical (unpaired) electrons. The Bertz CT molecular complexity index is 370. The van der Waals surface area contributed by atoms with Gasteiger partial charge in [-0.3, -0.25) is 5.32 Å². The zero-order valence-electron chi connectivity index (χ0n) is 10.4. The number of amides is 2. The Morgan fingerprint density at radius 1 is 1.35 bits per heavy atom. The number of hydrogen-bond acceptors (Lipinski definition) is 2. The van der Waals surface area contributed by atoms with Crippen LogP contribution in [0.5, 0.6) is 0 Å². The van der Waals surface area contributed by atoms with Crippen LogP contribution >= 0.6 is 0 Å². The molecule has 2 unspecified atom stereocenters. The van der Waals surface area contributed by atoms with E-state index in [0.29, 0.717) is 17.7 Å². The Hall–Kier alpha value is -1.58. The molecule has 1 aliphatic rings. The van der Waals surface area contributed by atoms with Crippen LogP contribution in [0.2, 0.25) is 0 Å². The number of carbonyl (C=O) groups is 1. The molecule has 0 spiro atoms. The number of nitrogens with zero attached hydrogens (tertiary/aromatic N) is 2. The maximum absolute atomic E-state index is 12.0. The molecule has 1 fully saturated rings. The summed E-state index contributed by atoms with van der Waals surface area (Å²) in [5.74, 6) is 1.77. The van der Waals surface area contributed by atoms with Gasteiger partial charge in [0, 0.05) is 19.3 Å². The van der Waals surface area contributed by atoms with Crippen LogP contribution in [0.4, 0.5) is 10.6 Å². The fourth-order valence-corrected chi connectivity index (χ4v) is 2.45. The lowest BCUT2D eigenvalue weighted by molar-refractivity contribution is 0.156. The predicted octanol–water partition coefficient (Wildman–Crippen LogP) is 2.59. The number of urea groups is 1. The first-order chi connectivity index (χ1) is 8.15. The number of rotatable bonds is 1. The molecule has 0 bridgehead atoms. The number of piperidine rings is 1. The van der Waals surface area contributed by atoms with Crippen molar-refractivity contribution in [1.29, 1.82) is 0 Å². The largest absolute Gasteiger partial charge is 0.324 e. The number of aromatic nitrogens is 1. The number of anilines is 1. The van der Waals surface area contributed by atoms with Gasteiger partial charge in [0.15, 0.2) is 0 Å². The standard InChI is InChI=1S/C13H19N3O/c1-10-7-11(2)9-16(8-10)13(17)15-12-5-3-4-6-14-12/h3-6,10-11H,7-9H2,1-2H3,(H,14,15,17). The summed E-state index contributed by atoms with van der Waals surface area (Å²) in [5, 5.41) is 2.83. The molecular formula is C13H19N3O. The SMILES string of the molecule is CC1CC(C)CN(C(=O)Nc2ccccn2)C1. The van der Waals surface area contributed by atoms with E-state index in [1.807, 2.05) is 17.0 Å². The summed E-state index contributed by atoms with van der Waals surface area (Å²) in [4.78, 5) is 18.0. The molecular weight excluding hydrogens is 214 g/mol. The maximum Gasteiger partial charge on any atom is 0.323 e. The molecule has 2 heterocycles. The molecule has 2 rings (SSSR count). The average molecular weight is 233 g/mol. The second-order valence-corrected chi connectivity index (χ2v) is 5.00. The lowest BCUT2D eigenvalue weighted by Gasteiger charge is -2.34. The molecule has 1 aromatic heterocycles. The van der Waals surface area contributed by atoms with Gasteiger partial charge >= 0.3 is 6.03 Å². The molecule has 2 atom stereocenters. The minimum absolute atomic E-state index is 0.0397. The normalized spacial score (nSPS) is 24.5. The van der Waals surface area contributed by atoms with Gasteiger partial charge in [-0.1, -0.05) is 19.9 Å². The van der Waals surface area contributed by atoms with Crippen LogP contribution in [-0.4, -0.2) is 29.0 Å².